The van der Waals surface area contributed by atoms with Crippen molar-refractivity contribution < 1.29 is 52.2 Å². The van der Waals surface area contributed by atoms with Crippen LogP contribution < -0.4 is 0 Å². The highest BCUT2D eigenvalue weighted by Crippen LogP contribution is 2.43. The van der Waals surface area contributed by atoms with Crippen LogP contribution in [0.5, 0.6) is 0 Å². The molecule has 0 fully saturated rings. The summed E-state index contributed by atoms with van der Waals surface area (Å²) in [6.07, 6.45) is 65.6. The average Bonchev–Trinajstić information content (AvgIpc) is 3.41. The molecule has 11 nitrogen and oxygen atoms in total. The van der Waals surface area contributed by atoms with Crippen LogP contribution in [0.3, 0.4) is 0 Å². The monoisotopic (exact) mass is 1090 g/mol. The van der Waals surface area contributed by atoms with E-state index in [1.54, 1.807) is 0 Å². The standard InChI is InChI=1S/C64H113O11P/c1-4-7-10-13-16-19-22-25-27-29-30-32-34-37-40-43-46-49-52-55-64(68)75-61(57-71-62(66)53-50-47-44-41-38-35-24-21-18-15-12-9-6-3)59-73-76(69,70)72-58-60(56-65)74-63(67)54-51-48-45-42-39-36-33-31-28-26-23-20-17-14-11-8-5-2/h8,11,16-17,19-20,25-28,33,36,60-61,65H,4-7,9-10,12-15,18,21-24,29-32,34-35,37-59H2,1-3H3,(H,69,70)/b11-8-,19-16-,20-17-,27-25-,28-26-,36-33-. The number of phosphoric ester groups is 1. The Morgan fingerprint density at radius 3 is 1.08 bits per heavy atom. The molecule has 76 heavy (non-hydrogen) atoms. The second kappa shape index (κ2) is 58.1. The Balaban J connectivity index is 4.70. The van der Waals surface area contributed by atoms with Gasteiger partial charge in [-0.25, -0.2) is 4.57 Å². The van der Waals surface area contributed by atoms with Crippen molar-refractivity contribution in [2.24, 2.45) is 0 Å². The second-order valence-corrected chi connectivity index (χ2v) is 21.9. The summed E-state index contributed by atoms with van der Waals surface area (Å²) in [5.74, 6) is -1.48. The SMILES string of the molecule is CC/C=C\C/C=C\C/C=C\C/C=C\CCCCCCC(=O)OC(CO)COP(=O)(O)OCC(COC(=O)CCCCCCCCCCCCCCC)OC(=O)CCCCCCCCCCC/C=C\C/C=C\CCCCC. The Morgan fingerprint density at radius 1 is 0.382 bits per heavy atom. The van der Waals surface area contributed by atoms with E-state index in [0.717, 1.165) is 103 Å². The molecule has 0 heterocycles. The summed E-state index contributed by atoms with van der Waals surface area (Å²) < 4.78 is 39.6. The summed E-state index contributed by atoms with van der Waals surface area (Å²) in [7, 11) is -4.76. The summed E-state index contributed by atoms with van der Waals surface area (Å²) in [5, 5.41) is 9.83. The van der Waals surface area contributed by atoms with E-state index in [2.05, 4.69) is 93.7 Å². The molecule has 0 aromatic carbocycles. The van der Waals surface area contributed by atoms with Crippen molar-refractivity contribution in [3.05, 3.63) is 72.9 Å². The molecular weight excluding hydrogens is 976 g/mol. The third-order valence-electron chi connectivity index (χ3n) is 13.1. The first kappa shape index (κ1) is 72.9. The Bertz CT molecular complexity index is 1550. The van der Waals surface area contributed by atoms with Crippen molar-refractivity contribution in [2.75, 3.05) is 26.4 Å². The Hall–Kier alpha value is -3.08. The smallest absolute Gasteiger partial charge is 0.462 e. The minimum Gasteiger partial charge on any atom is -0.462 e. The van der Waals surface area contributed by atoms with Crippen LogP contribution in [0.1, 0.15) is 278 Å². The number of ether oxygens (including phenoxy) is 3. The Labute approximate surface area is 465 Å². The van der Waals surface area contributed by atoms with Crippen molar-refractivity contribution in [3.8, 4) is 0 Å². The van der Waals surface area contributed by atoms with Gasteiger partial charge in [0.25, 0.3) is 0 Å². The van der Waals surface area contributed by atoms with Gasteiger partial charge in [-0.2, -0.15) is 0 Å². The zero-order valence-corrected chi connectivity index (χ0v) is 49.6. The predicted octanol–water partition coefficient (Wildman–Crippen LogP) is 18.5. The number of aliphatic hydroxyl groups is 1. The molecule has 0 aromatic rings. The van der Waals surface area contributed by atoms with E-state index < -0.39 is 57.8 Å². The summed E-state index contributed by atoms with van der Waals surface area (Å²) in [5.41, 5.74) is 0. The van der Waals surface area contributed by atoms with Crippen molar-refractivity contribution in [3.63, 3.8) is 0 Å². The number of rotatable bonds is 57. The minimum atomic E-state index is -4.76. The normalized spacial score (nSPS) is 13.8. The molecule has 0 radical (unpaired) electrons. The third kappa shape index (κ3) is 55.7. The fraction of sp³-hybridized carbons (Fsp3) is 0.766. The number of hydrogen-bond donors (Lipinski definition) is 2. The first-order chi connectivity index (χ1) is 37.2. The van der Waals surface area contributed by atoms with Crippen LogP contribution in [-0.2, 0) is 42.2 Å². The van der Waals surface area contributed by atoms with Gasteiger partial charge in [-0.15, -0.1) is 0 Å². The van der Waals surface area contributed by atoms with Crippen LogP contribution in [0, 0.1) is 0 Å². The fourth-order valence-electron chi connectivity index (χ4n) is 8.44. The highest BCUT2D eigenvalue weighted by Gasteiger charge is 2.28. The van der Waals surface area contributed by atoms with Gasteiger partial charge in [-0.3, -0.25) is 23.4 Å². The van der Waals surface area contributed by atoms with Crippen molar-refractivity contribution in [2.45, 2.75) is 290 Å². The van der Waals surface area contributed by atoms with Gasteiger partial charge in [-0.1, -0.05) is 241 Å². The lowest BCUT2D eigenvalue weighted by Crippen LogP contribution is -2.30. The number of phosphoric acid groups is 1. The van der Waals surface area contributed by atoms with Crippen molar-refractivity contribution in [1.29, 1.82) is 0 Å². The third-order valence-corrected chi connectivity index (χ3v) is 14.1. The largest absolute Gasteiger partial charge is 0.472 e. The van der Waals surface area contributed by atoms with Crippen molar-refractivity contribution in [1.82, 2.24) is 0 Å². The minimum absolute atomic E-state index is 0.148. The van der Waals surface area contributed by atoms with Gasteiger partial charge < -0.3 is 24.2 Å². The molecule has 3 unspecified atom stereocenters. The average molecular weight is 1090 g/mol. The highest BCUT2D eigenvalue weighted by atomic mass is 31.2. The molecule has 3 atom stereocenters. The molecule has 0 rings (SSSR count). The maximum Gasteiger partial charge on any atom is 0.472 e. The molecule has 12 heteroatoms. The Morgan fingerprint density at radius 2 is 0.684 bits per heavy atom. The highest BCUT2D eigenvalue weighted by molar-refractivity contribution is 7.47. The number of allylic oxidation sites excluding steroid dienone is 12. The van der Waals surface area contributed by atoms with Crippen LogP contribution in [0.25, 0.3) is 0 Å². The Kier molecular flexibility index (Phi) is 55.7. The molecule has 0 saturated heterocycles. The lowest BCUT2D eigenvalue weighted by molar-refractivity contribution is -0.161. The summed E-state index contributed by atoms with van der Waals surface area (Å²) in [4.78, 5) is 48.6. The maximum absolute atomic E-state index is 12.9. The van der Waals surface area contributed by atoms with Crippen LogP contribution in [0.15, 0.2) is 72.9 Å². The molecule has 0 aliphatic heterocycles. The van der Waals surface area contributed by atoms with Gasteiger partial charge in [0, 0.05) is 19.3 Å². The molecule has 440 valence electrons. The quantitative estimate of drug-likeness (QED) is 0.0197. The second-order valence-electron chi connectivity index (χ2n) is 20.5. The molecule has 0 aromatic heterocycles. The first-order valence-corrected chi connectivity index (χ1v) is 32.3. The van der Waals surface area contributed by atoms with Gasteiger partial charge >= 0.3 is 25.7 Å². The van der Waals surface area contributed by atoms with E-state index in [0.29, 0.717) is 19.3 Å². The van der Waals surface area contributed by atoms with E-state index >= 15 is 0 Å². The number of carbonyl (C=O) groups is 3. The zero-order valence-electron chi connectivity index (χ0n) is 48.7. The van der Waals surface area contributed by atoms with Gasteiger partial charge in [0.15, 0.2) is 6.10 Å². The van der Waals surface area contributed by atoms with Gasteiger partial charge in [0.1, 0.15) is 12.7 Å². The number of hydrogen-bond acceptors (Lipinski definition) is 10. The lowest BCUT2D eigenvalue weighted by atomic mass is 10.0. The molecule has 0 bridgehead atoms. The first-order valence-electron chi connectivity index (χ1n) is 30.8. The van der Waals surface area contributed by atoms with Gasteiger partial charge in [0.2, 0.25) is 0 Å². The molecule has 0 amide bonds. The molecule has 0 spiro atoms. The van der Waals surface area contributed by atoms with E-state index in [1.165, 1.54) is 116 Å². The molecule has 0 aliphatic carbocycles. The topological polar surface area (TPSA) is 155 Å². The summed E-state index contributed by atoms with van der Waals surface area (Å²) in [6, 6.07) is 0. The van der Waals surface area contributed by atoms with E-state index in [-0.39, 0.29) is 25.9 Å². The molecule has 0 aliphatic rings. The molecular formula is C64H113O11P. The van der Waals surface area contributed by atoms with Crippen LogP contribution in [0.2, 0.25) is 0 Å². The van der Waals surface area contributed by atoms with E-state index in [1.807, 2.05) is 0 Å². The van der Waals surface area contributed by atoms with Crippen molar-refractivity contribution >= 4 is 25.7 Å². The lowest BCUT2D eigenvalue weighted by Gasteiger charge is -2.21. The van der Waals surface area contributed by atoms with Gasteiger partial charge in [0.05, 0.1) is 19.8 Å². The fourth-order valence-corrected chi connectivity index (χ4v) is 9.22. The zero-order chi connectivity index (χ0) is 55.5. The summed E-state index contributed by atoms with van der Waals surface area (Å²) in [6.45, 7) is 4.51. The number of esters is 3. The number of aliphatic hydroxyl groups excluding tert-OH is 1. The van der Waals surface area contributed by atoms with E-state index in [4.69, 9.17) is 23.3 Å². The molecule has 2 N–H and O–H groups in total. The van der Waals surface area contributed by atoms with Gasteiger partial charge in [-0.05, 0) is 89.9 Å². The summed E-state index contributed by atoms with van der Waals surface area (Å²) >= 11 is 0. The number of unbranched alkanes of at least 4 members (excludes halogenated alkanes) is 28. The maximum atomic E-state index is 12.9. The van der Waals surface area contributed by atoms with Crippen LogP contribution in [-0.4, -0.2) is 66.5 Å². The number of carbonyl (C=O) groups excluding carboxylic acids is 3. The molecule has 0 saturated carbocycles. The van der Waals surface area contributed by atoms with Crippen LogP contribution in [0.4, 0.5) is 0 Å². The predicted molar refractivity (Wildman–Crippen MR) is 316 cm³/mol. The van der Waals surface area contributed by atoms with E-state index in [9.17, 15) is 28.9 Å². The van der Waals surface area contributed by atoms with Crippen LogP contribution >= 0.6 is 7.82 Å².